The average molecular weight is 371 g/mol. The molecule has 1 heterocycles. The molecule has 4 heteroatoms. The molecule has 0 saturated carbocycles. The van der Waals surface area contributed by atoms with E-state index in [0.717, 1.165) is 12.4 Å². The van der Waals surface area contributed by atoms with E-state index in [1.54, 1.807) is 6.26 Å². The molecule has 0 aliphatic rings. The van der Waals surface area contributed by atoms with Crippen molar-refractivity contribution in [2.24, 2.45) is 0 Å². The summed E-state index contributed by atoms with van der Waals surface area (Å²) in [5, 5.41) is 3.98. The minimum atomic E-state index is -2.55. The normalized spacial score (nSPS) is 11.3. The maximum Gasteiger partial charge on any atom is 0.254 e. The zero-order chi connectivity index (χ0) is 18.5. The van der Waals surface area contributed by atoms with Crippen LogP contribution in [0.3, 0.4) is 0 Å². The van der Waals surface area contributed by atoms with E-state index in [9.17, 15) is 0 Å². The Bertz CT molecular complexity index is 861. The third kappa shape index (κ3) is 2.98. The monoisotopic (exact) mass is 370 g/mol. The van der Waals surface area contributed by atoms with Gasteiger partial charge in [0.1, 0.15) is 6.26 Å². The van der Waals surface area contributed by atoms with Crippen LogP contribution in [0.1, 0.15) is 6.92 Å². The molecule has 0 bridgehead atoms. The standard InChI is InChI=1S/C23H22N2OSi/c1-2-25(23-18-26-19-24-23)27(20-12-6-3-7-13-20,21-14-8-4-9-15-21)22-16-10-5-11-17-22/h3-19H,2H2,1H3. The second-order valence-electron chi connectivity index (χ2n) is 6.40. The van der Waals surface area contributed by atoms with Gasteiger partial charge in [-0.3, -0.25) is 0 Å². The molecule has 1 aromatic heterocycles. The van der Waals surface area contributed by atoms with Gasteiger partial charge in [0.2, 0.25) is 0 Å². The van der Waals surface area contributed by atoms with Gasteiger partial charge in [-0.1, -0.05) is 91.0 Å². The number of rotatable bonds is 6. The Morgan fingerprint density at radius 3 is 1.52 bits per heavy atom. The van der Waals surface area contributed by atoms with Crippen molar-refractivity contribution in [3.63, 3.8) is 0 Å². The van der Waals surface area contributed by atoms with Gasteiger partial charge in [0.15, 0.2) is 12.2 Å². The summed E-state index contributed by atoms with van der Waals surface area (Å²) in [7, 11) is -2.55. The first-order chi connectivity index (χ1) is 13.4. The van der Waals surface area contributed by atoms with Crippen LogP contribution in [0.25, 0.3) is 0 Å². The Hall–Kier alpha value is -3.11. The van der Waals surface area contributed by atoms with E-state index >= 15 is 0 Å². The zero-order valence-electron chi connectivity index (χ0n) is 15.3. The Labute approximate surface area is 161 Å². The lowest BCUT2D eigenvalue weighted by atomic mass is 10.3. The number of nitrogens with zero attached hydrogens (tertiary/aromatic N) is 2. The first kappa shape index (κ1) is 17.3. The van der Waals surface area contributed by atoms with E-state index in [0.29, 0.717) is 0 Å². The van der Waals surface area contributed by atoms with Gasteiger partial charge in [-0.2, -0.15) is 0 Å². The minimum absolute atomic E-state index is 0.831. The Kier molecular flexibility index (Phi) is 4.90. The van der Waals surface area contributed by atoms with Gasteiger partial charge < -0.3 is 8.98 Å². The van der Waals surface area contributed by atoms with Gasteiger partial charge in [0.05, 0.1) is 0 Å². The molecule has 27 heavy (non-hydrogen) atoms. The quantitative estimate of drug-likeness (QED) is 0.386. The van der Waals surface area contributed by atoms with E-state index in [1.807, 2.05) is 0 Å². The van der Waals surface area contributed by atoms with E-state index < -0.39 is 8.24 Å². The summed E-state index contributed by atoms with van der Waals surface area (Å²) in [6.07, 6.45) is 3.26. The fraction of sp³-hybridized carbons (Fsp3) is 0.0870. The predicted octanol–water partition coefficient (Wildman–Crippen LogP) is 3.17. The molecule has 0 radical (unpaired) electrons. The number of hydrogen-bond acceptors (Lipinski definition) is 3. The number of benzene rings is 3. The van der Waals surface area contributed by atoms with Crippen molar-refractivity contribution < 1.29 is 4.42 Å². The fourth-order valence-electron chi connectivity index (χ4n) is 3.92. The summed E-state index contributed by atoms with van der Waals surface area (Å²) in [4.78, 5) is 4.52. The molecule has 0 amide bonds. The number of anilines is 1. The van der Waals surface area contributed by atoms with Crippen LogP contribution in [0, 0.1) is 0 Å². The van der Waals surface area contributed by atoms with Crippen LogP contribution in [0.2, 0.25) is 0 Å². The summed E-state index contributed by atoms with van der Waals surface area (Å²) in [5.41, 5.74) is 0. The first-order valence-corrected chi connectivity index (χ1v) is 11.1. The number of aromatic nitrogens is 1. The van der Waals surface area contributed by atoms with E-state index in [4.69, 9.17) is 4.42 Å². The van der Waals surface area contributed by atoms with Crippen molar-refractivity contribution in [3.05, 3.63) is 104 Å². The van der Waals surface area contributed by atoms with E-state index in [-0.39, 0.29) is 0 Å². The minimum Gasteiger partial charge on any atom is -0.450 e. The van der Waals surface area contributed by atoms with Gasteiger partial charge >= 0.3 is 0 Å². The molecule has 134 valence electrons. The number of oxazole rings is 1. The maximum absolute atomic E-state index is 5.37. The van der Waals surface area contributed by atoms with Crippen molar-refractivity contribution >= 4 is 29.6 Å². The van der Waals surface area contributed by atoms with Gasteiger partial charge in [-0.25, -0.2) is 4.98 Å². The van der Waals surface area contributed by atoms with Crippen molar-refractivity contribution in [1.82, 2.24) is 4.98 Å². The lowest BCUT2D eigenvalue weighted by molar-refractivity contribution is 0.558. The molecule has 3 nitrogen and oxygen atoms in total. The van der Waals surface area contributed by atoms with Crippen molar-refractivity contribution in [3.8, 4) is 0 Å². The SMILES string of the molecule is CCN(c1cocn1)[Si](c1ccccc1)(c1ccccc1)c1ccccc1. The smallest absolute Gasteiger partial charge is 0.254 e. The summed E-state index contributed by atoms with van der Waals surface area (Å²) >= 11 is 0. The molecule has 0 N–H and O–H groups in total. The molecular formula is C23H22N2OSi. The van der Waals surface area contributed by atoms with Crippen LogP contribution < -0.4 is 20.1 Å². The molecule has 0 atom stereocenters. The molecular weight excluding hydrogens is 348 g/mol. The topological polar surface area (TPSA) is 29.3 Å². The zero-order valence-corrected chi connectivity index (χ0v) is 16.3. The van der Waals surface area contributed by atoms with Crippen LogP contribution in [-0.4, -0.2) is 19.8 Å². The highest BCUT2D eigenvalue weighted by Crippen LogP contribution is 2.20. The Morgan fingerprint density at radius 1 is 0.741 bits per heavy atom. The molecule has 0 fully saturated rings. The van der Waals surface area contributed by atoms with Crippen molar-refractivity contribution in [2.45, 2.75) is 6.92 Å². The van der Waals surface area contributed by atoms with Gasteiger partial charge in [0, 0.05) is 6.54 Å². The summed E-state index contributed by atoms with van der Waals surface area (Å²) in [6, 6.07) is 32.4. The Morgan fingerprint density at radius 2 is 1.19 bits per heavy atom. The lowest BCUT2D eigenvalue weighted by Crippen LogP contribution is -2.77. The van der Waals surface area contributed by atoms with Crippen LogP contribution in [-0.2, 0) is 0 Å². The molecule has 0 spiro atoms. The van der Waals surface area contributed by atoms with Crippen molar-refractivity contribution in [1.29, 1.82) is 0 Å². The highest BCUT2D eigenvalue weighted by Gasteiger charge is 2.46. The number of hydrogen-bond donors (Lipinski definition) is 0. The molecule has 0 aliphatic heterocycles. The van der Waals surface area contributed by atoms with Crippen molar-refractivity contribution in [2.75, 3.05) is 11.1 Å². The third-order valence-corrected chi connectivity index (χ3v) is 9.85. The highest BCUT2D eigenvalue weighted by atomic mass is 28.3. The van der Waals surface area contributed by atoms with Crippen LogP contribution >= 0.6 is 0 Å². The first-order valence-electron chi connectivity index (χ1n) is 9.19. The molecule has 0 aliphatic carbocycles. The predicted molar refractivity (Wildman–Crippen MR) is 114 cm³/mol. The maximum atomic E-state index is 5.37. The van der Waals surface area contributed by atoms with Crippen LogP contribution in [0.5, 0.6) is 0 Å². The van der Waals surface area contributed by atoms with Gasteiger partial charge in [0.25, 0.3) is 8.24 Å². The average Bonchev–Trinajstić information content (AvgIpc) is 3.28. The summed E-state index contributed by atoms with van der Waals surface area (Å²) < 4.78 is 7.81. The second kappa shape index (κ2) is 7.64. The molecule has 3 aromatic carbocycles. The fourth-order valence-corrected chi connectivity index (χ4v) is 8.80. The third-order valence-electron chi connectivity index (χ3n) is 4.99. The molecule has 0 unspecified atom stereocenters. The van der Waals surface area contributed by atoms with Gasteiger partial charge in [-0.15, -0.1) is 0 Å². The molecule has 4 aromatic rings. The lowest BCUT2D eigenvalue weighted by Gasteiger charge is -2.43. The van der Waals surface area contributed by atoms with E-state index in [2.05, 4.69) is 107 Å². The van der Waals surface area contributed by atoms with Gasteiger partial charge in [-0.05, 0) is 22.5 Å². The molecule has 4 rings (SSSR count). The van der Waals surface area contributed by atoms with Crippen LogP contribution in [0.15, 0.2) is 108 Å². The van der Waals surface area contributed by atoms with E-state index in [1.165, 1.54) is 22.0 Å². The highest BCUT2D eigenvalue weighted by molar-refractivity contribution is 7.13. The second-order valence-corrected chi connectivity index (χ2v) is 10.1. The summed E-state index contributed by atoms with van der Waals surface area (Å²) in [6.45, 7) is 3.02. The Balaban J connectivity index is 2.09. The molecule has 0 saturated heterocycles. The summed E-state index contributed by atoms with van der Waals surface area (Å²) in [5.74, 6) is 0.876. The van der Waals surface area contributed by atoms with Crippen LogP contribution in [0.4, 0.5) is 5.82 Å². The largest absolute Gasteiger partial charge is 0.450 e.